The summed E-state index contributed by atoms with van der Waals surface area (Å²) >= 11 is 3.09. The summed E-state index contributed by atoms with van der Waals surface area (Å²) in [5.41, 5.74) is 5.01. The fraction of sp³-hybridized carbons (Fsp3) is 0.429. The summed E-state index contributed by atoms with van der Waals surface area (Å²) in [5.74, 6) is -0.0515. The van der Waals surface area contributed by atoms with Crippen molar-refractivity contribution in [2.75, 3.05) is 6.54 Å². The van der Waals surface area contributed by atoms with Gasteiger partial charge in [-0.3, -0.25) is 9.78 Å². The zero-order chi connectivity index (χ0) is 10.0. The maximum Gasteiger partial charge on any atom is 0.325 e. The molecular formula is C7H10BrN3O2. The lowest BCUT2D eigenvalue weighted by molar-refractivity contribution is 0.724. The van der Waals surface area contributed by atoms with E-state index in [1.807, 2.05) is 6.92 Å². The second-order valence-corrected chi connectivity index (χ2v) is 3.57. The molecule has 1 aromatic heterocycles. The van der Waals surface area contributed by atoms with Gasteiger partial charge in [-0.2, -0.15) is 0 Å². The number of aromatic amines is 2. The van der Waals surface area contributed by atoms with Crippen LogP contribution in [0.4, 0.5) is 0 Å². The van der Waals surface area contributed by atoms with Crippen LogP contribution < -0.4 is 17.0 Å². The zero-order valence-corrected chi connectivity index (χ0v) is 8.64. The number of aromatic nitrogens is 2. The number of rotatable bonds is 2. The van der Waals surface area contributed by atoms with Crippen LogP contribution in [0, 0.1) is 0 Å². The molecule has 0 fully saturated rings. The molecule has 1 atom stereocenters. The predicted octanol–water partition coefficient (Wildman–Crippen LogP) is -0.112. The number of halogens is 1. The van der Waals surface area contributed by atoms with Gasteiger partial charge >= 0.3 is 5.69 Å². The maximum atomic E-state index is 11.1. The summed E-state index contributed by atoms with van der Waals surface area (Å²) in [6.45, 7) is 2.20. The number of hydrogen-bond donors (Lipinski definition) is 3. The zero-order valence-electron chi connectivity index (χ0n) is 7.06. The second kappa shape index (κ2) is 3.89. The molecule has 1 rings (SSSR count). The van der Waals surface area contributed by atoms with Gasteiger partial charge in [-0.25, -0.2) is 4.79 Å². The molecule has 5 nitrogen and oxygen atoms in total. The second-order valence-electron chi connectivity index (χ2n) is 2.77. The minimum Gasteiger partial charge on any atom is -0.330 e. The van der Waals surface area contributed by atoms with E-state index in [-0.39, 0.29) is 5.92 Å². The van der Waals surface area contributed by atoms with Crippen LogP contribution in [-0.4, -0.2) is 16.5 Å². The van der Waals surface area contributed by atoms with Crippen molar-refractivity contribution in [3.63, 3.8) is 0 Å². The van der Waals surface area contributed by atoms with E-state index in [9.17, 15) is 9.59 Å². The molecule has 0 aromatic carbocycles. The van der Waals surface area contributed by atoms with Gasteiger partial charge in [-0.05, 0) is 15.9 Å². The maximum absolute atomic E-state index is 11.1. The van der Waals surface area contributed by atoms with E-state index >= 15 is 0 Å². The molecular weight excluding hydrogens is 238 g/mol. The SMILES string of the molecule is CC(CN)c1[nH]c(=O)[nH]c(=O)c1Br. The van der Waals surface area contributed by atoms with Crippen LogP contribution in [0.2, 0.25) is 0 Å². The Balaban J connectivity index is 3.37. The minimum absolute atomic E-state index is 0.0515. The summed E-state index contributed by atoms with van der Waals surface area (Å²) in [7, 11) is 0. The van der Waals surface area contributed by atoms with Crippen LogP contribution in [0.5, 0.6) is 0 Å². The third kappa shape index (κ3) is 2.07. The van der Waals surface area contributed by atoms with Crippen LogP contribution in [0.1, 0.15) is 18.5 Å². The summed E-state index contributed by atoms with van der Waals surface area (Å²) in [4.78, 5) is 26.7. The fourth-order valence-electron chi connectivity index (χ4n) is 0.946. The van der Waals surface area contributed by atoms with Gasteiger partial charge < -0.3 is 10.7 Å². The van der Waals surface area contributed by atoms with Gasteiger partial charge in [-0.1, -0.05) is 6.92 Å². The molecule has 0 bridgehead atoms. The molecule has 4 N–H and O–H groups in total. The largest absolute Gasteiger partial charge is 0.330 e. The number of nitrogens with two attached hydrogens (primary N) is 1. The van der Waals surface area contributed by atoms with Gasteiger partial charge in [0, 0.05) is 18.2 Å². The van der Waals surface area contributed by atoms with Crippen molar-refractivity contribution in [1.29, 1.82) is 0 Å². The van der Waals surface area contributed by atoms with E-state index in [0.717, 1.165) is 0 Å². The Morgan fingerprint density at radius 3 is 2.62 bits per heavy atom. The van der Waals surface area contributed by atoms with E-state index in [4.69, 9.17) is 5.73 Å². The Morgan fingerprint density at radius 1 is 1.46 bits per heavy atom. The van der Waals surface area contributed by atoms with E-state index < -0.39 is 11.2 Å². The highest BCUT2D eigenvalue weighted by Gasteiger charge is 2.11. The van der Waals surface area contributed by atoms with E-state index in [0.29, 0.717) is 16.7 Å². The van der Waals surface area contributed by atoms with Gasteiger partial charge in [0.2, 0.25) is 0 Å². The number of H-pyrrole nitrogens is 2. The van der Waals surface area contributed by atoms with Crippen LogP contribution >= 0.6 is 15.9 Å². The lowest BCUT2D eigenvalue weighted by Gasteiger charge is -2.08. The number of hydrogen-bond acceptors (Lipinski definition) is 3. The van der Waals surface area contributed by atoms with Crippen LogP contribution in [0.15, 0.2) is 14.1 Å². The highest BCUT2D eigenvalue weighted by molar-refractivity contribution is 9.10. The van der Waals surface area contributed by atoms with Gasteiger partial charge in [-0.15, -0.1) is 0 Å². The Bertz CT molecular complexity index is 409. The van der Waals surface area contributed by atoms with Crippen molar-refractivity contribution in [2.45, 2.75) is 12.8 Å². The summed E-state index contributed by atoms with van der Waals surface area (Å²) in [6, 6.07) is 0. The molecule has 13 heavy (non-hydrogen) atoms. The summed E-state index contributed by atoms with van der Waals surface area (Å²) in [6.07, 6.45) is 0. The summed E-state index contributed by atoms with van der Waals surface area (Å²) < 4.78 is 0.338. The first-order chi connectivity index (χ1) is 6.06. The van der Waals surface area contributed by atoms with Gasteiger partial charge in [0.25, 0.3) is 5.56 Å². The van der Waals surface area contributed by atoms with Crippen LogP contribution in [0.3, 0.4) is 0 Å². The van der Waals surface area contributed by atoms with Crippen molar-refractivity contribution in [3.05, 3.63) is 31.0 Å². The molecule has 1 heterocycles. The molecule has 6 heteroatoms. The molecule has 0 aliphatic heterocycles. The highest BCUT2D eigenvalue weighted by atomic mass is 79.9. The van der Waals surface area contributed by atoms with Gasteiger partial charge in [0.1, 0.15) is 4.47 Å². The van der Waals surface area contributed by atoms with Crippen LogP contribution in [0.25, 0.3) is 0 Å². The Kier molecular flexibility index (Phi) is 3.05. The lowest BCUT2D eigenvalue weighted by atomic mass is 10.1. The smallest absolute Gasteiger partial charge is 0.325 e. The third-order valence-corrected chi connectivity index (χ3v) is 2.54. The molecule has 0 aliphatic carbocycles. The molecule has 0 aliphatic rings. The standard InChI is InChI=1S/C7H10BrN3O2/c1-3(2-9)5-4(8)6(12)11-7(13)10-5/h3H,2,9H2,1H3,(H2,10,11,12,13). The van der Waals surface area contributed by atoms with E-state index in [2.05, 4.69) is 25.9 Å². The lowest BCUT2D eigenvalue weighted by Crippen LogP contribution is -2.27. The molecule has 1 unspecified atom stereocenters. The summed E-state index contributed by atoms with van der Waals surface area (Å²) in [5, 5.41) is 0. The first kappa shape index (κ1) is 10.2. The average molecular weight is 248 g/mol. The number of nitrogens with one attached hydrogen (secondary N) is 2. The fourth-order valence-corrected chi connectivity index (χ4v) is 1.54. The normalized spacial score (nSPS) is 12.8. The molecule has 0 amide bonds. The van der Waals surface area contributed by atoms with Crippen molar-refractivity contribution in [1.82, 2.24) is 9.97 Å². The molecule has 0 saturated carbocycles. The average Bonchev–Trinajstić information content (AvgIpc) is 2.10. The van der Waals surface area contributed by atoms with Crippen molar-refractivity contribution >= 4 is 15.9 Å². The Labute approximate surface area is 82.5 Å². The van der Waals surface area contributed by atoms with E-state index in [1.54, 1.807) is 0 Å². The monoisotopic (exact) mass is 247 g/mol. The van der Waals surface area contributed by atoms with Crippen molar-refractivity contribution in [3.8, 4) is 0 Å². The van der Waals surface area contributed by atoms with E-state index in [1.165, 1.54) is 0 Å². The van der Waals surface area contributed by atoms with Gasteiger partial charge in [0.05, 0.1) is 0 Å². The first-order valence-electron chi connectivity index (χ1n) is 3.78. The molecule has 0 radical (unpaired) electrons. The third-order valence-electron chi connectivity index (χ3n) is 1.76. The highest BCUT2D eigenvalue weighted by Crippen LogP contribution is 2.16. The van der Waals surface area contributed by atoms with Crippen LogP contribution in [-0.2, 0) is 0 Å². The van der Waals surface area contributed by atoms with Gasteiger partial charge in [0.15, 0.2) is 0 Å². The Hall–Kier alpha value is -0.880. The molecule has 72 valence electrons. The van der Waals surface area contributed by atoms with Crippen molar-refractivity contribution in [2.24, 2.45) is 5.73 Å². The quantitative estimate of drug-likeness (QED) is 0.681. The molecule has 0 spiro atoms. The first-order valence-corrected chi connectivity index (χ1v) is 4.57. The topological polar surface area (TPSA) is 91.7 Å². The molecule has 1 aromatic rings. The molecule has 0 saturated heterocycles. The predicted molar refractivity (Wildman–Crippen MR) is 52.9 cm³/mol. The van der Waals surface area contributed by atoms with Crippen molar-refractivity contribution < 1.29 is 0 Å². The minimum atomic E-state index is -0.511. The Morgan fingerprint density at radius 2 is 2.08 bits per heavy atom.